The molecule has 0 aliphatic heterocycles. The van der Waals surface area contributed by atoms with Gasteiger partial charge in [-0.15, -0.1) is 0 Å². The molecular formula is C41H81NO16. The monoisotopic (exact) mass is 844 g/mol. The summed E-state index contributed by atoms with van der Waals surface area (Å²) < 4.78 is 76.3. The van der Waals surface area contributed by atoms with E-state index in [-0.39, 0.29) is 18.7 Å². The summed E-state index contributed by atoms with van der Waals surface area (Å²) in [6.45, 7) is 19.7. The van der Waals surface area contributed by atoms with Crippen molar-refractivity contribution in [3.05, 3.63) is 0 Å². The topological polar surface area (TPSA) is 167 Å². The Morgan fingerprint density at radius 3 is 0.983 bits per heavy atom. The van der Waals surface area contributed by atoms with E-state index in [9.17, 15) is 9.59 Å². The first-order valence-electron chi connectivity index (χ1n) is 21.3. The number of rotatable bonds is 46. The van der Waals surface area contributed by atoms with Crippen LogP contribution in [0.1, 0.15) is 72.6 Å². The molecule has 346 valence electrons. The highest BCUT2D eigenvalue weighted by molar-refractivity contribution is 5.69. The molecule has 0 spiro atoms. The maximum Gasteiger partial charge on any atom is 0.410 e. The predicted octanol–water partition coefficient (Wildman–Crippen LogP) is 4.35. The maximum absolute atomic E-state index is 11.9. The normalized spacial score (nSPS) is 11.7. The minimum atomic E-state index is -0.515. The summed E-state index contributed by atoms with van der Waals surface area (Å²) >= 11 is 0. The first-order chi connectivity index (χ1) is 28.3. The van der Waals surface area contributed by atoms with Gasteiger partial charge >= 0.3 is 12.1 Å². The molecule has 58 heavy (non-hydrogen) atoms. The van der Waals surface area contributed by atoms with Gasteiger partial charge in [0.2, 0.25) is 0 Å². The minimum Gasteiger partial charge on any atom is -0.463 e. The van der Waals surface area contributed by atoms with Crippen molar-refractivity contribution in [2.75, 3.05) is 179 Å². The molecule has 0 saturated carbocycles. The summed E-state index contributed by atoms with van der Waals surface area (Å²) in [5, 5.41) is 0. The maximum atomic E-state index is 11.9. The van der Waals surface area contributed by atoms with Crippen LogP contribution in [-0.2, 0) is 71.1 Å². The van der Waals surface area contributed by atoms with Crippen LogP contribution in [-0.4, -0.2) is 201 Å². The van der Waals surface area contributed by atoms with Gasteiger partial charge < -0.3 is 71.2 Å². The SMILES string of the molecule is CCCCCCCCC(=O)OCCOCCOCCOCCOCCOCCOCCOCCOCCOCCOCCOCCOCCN(C)C(=O)OC(C)(C)C. The smallest absolute Gasteiger partial charge is 0.410 e. The number of ether oxygens (including phenoxy) is 14. The Hall–Kier alpha value is -1.74. The van der Waals surface area contributed by atoms with E-state index in [1.54, 1.807) is 7.05 Å². The highest BCUT2D eigenvalue weighted by atomic mass is 16.6. The first-order valence-corrected chi connectivity index (χ1v) is 21.3. The van der Waals surface area contributed by atoms with Crippen molar-refractivity contribution in [1.29, 1.82) is 0 Å². The Balaban J connectivity index is 3.16. The number of hydrogen-bond donors (Lipinski definition) is 0. The third kappa shape index (κ3) is 46.9. The lowest BCUT2D eigenvalue weighted by Crippen LogP contribution is -2.36. The summed E-state index contributed by atoms with van der Waals surface area (Å²) in [6, 6.07) is 0. The summed E-state index contributed by atoms with van der Waals surface area (Å²) in [5.41, 5.74) is -0.515. The van der Waals surface area contributed by atoms with Crippen molar-refractivity contribution < 1.29 is 75.9 Å². The van der Waals surface area contributed by atoms with Gasteiger partial charge in [-0.1, -0.05) is 39.0 Å². The standard InChI is InChI=1S/C41H81NO16/c1-6-7-8-9-10-11-12-39(43)57-38-37-56-36-35-55-34-33-54-32-31-53-30-29-52-28-27-51-26-25-50-24-23-49-22-21-48-20-19-47-18-17-46-16-15-45-14-13-42(5)40(44)58-41(2,3)4/h6-38H2,1-5H3. The lowest BCUT2D eigenvalue weighted by atomic mass is 10.1. The molecule has 0 aromatic carbocycles. The second kappa shape index (κ2) is 44.8. The zero-order chi connectivity index (χ0) is 42.5. The lowest BCUT2D eigenvalue weighted by molar-refractivity contribution is -0.145. The fraction of sp³-hybridized carbons (Fsp3) is 0.951. The van der Waals surface area contributed by atoms with Crippen molar-refractivity contribution in [1.82, 2.24) is 4.90 Å². The Labute approximate surface area is 349 Å². The van der Waals surface area contributed by atoms with Gasteiger partial charge in [0.25, 0.3) is 0 Å². The third-order valence-corrected chi connectivity index (χ3v) is 7.59. The predicted molar refractivity (Wildman–Crippen MR) is 218 cm³/mol. The molecule has 0 aliphatic rings. The Bertz CT molecular complexity index is 866. The number of esters is 1. The number of amides is 1. The molecule has 0 rings (SSSR count). The Kier molecular flexibility index (Phi) is 43.5. The largest absolute Gasteiger partial charge is 0.463 e. The quantitative estimate of drug-likeness (QED) is 0.0627. The number of likely N-dealkylation sites (N-methyl/N-ethyl adjacent to an activating group) is 1. The van der Waals surface area contributed by atoms with E-state index in [2.05, 4.69) is 6.92 Å². The van der Waals surface area contributed by atoms with Crippen LogP contribution in [0.4, 0.5) is 4.79 Å². The van der Waals surface area contributed by atoms with Crippen LogP contribution in [0.3, 0.4) is 0 Å². The van der Waals surface area contributed by atoms with Crippen LogP contribution in [0.25, 0.3) is 0 Å². The molecule has 0 heterocycles. The molecule has 0 unspecified atom stereocenters. The Morgan fingerprint density at radius 1 is 0.397 bits per heavy atom. The van der Waals surface area contributed by atoms with Crippen LogP contribution < -0.4 is 0 Å². The fourth-order valence-electron chi connectivity index (χ4n) is 4.49. The van der Waals surface area contributed by atoms with E-state index >= 15 is 0 Å². The van der Waals surface area contributed by atoms with E-state index in [1.165, 1.54) is 30.6 Å². The van der Waals surface area contributed by atoms with Crippen LogP contribution in [0.15, 0.2) is 0 Å². The fourth-order valence-corrected chi connectivity index (χ4v) is 4.49. The van der Waals surface area contributed by atoms with Crippen molar-refractivity contribution >= 4 is 12.1 Å². The molecular weight excluding hydrogens is 762 g/mol. The van der Waals surface area contributed by atoms with Gasteiger partial charge in [-0.2, -0.15) is 0 Å². The van der Waals surface area contributed by atoms with Crippen molar-refractivity contribution in [2.24, 2.45) is 0 Å². The van der Waals surface area contributed by atoms with Gasteiger partial charge in [0, 0.05) is 20.0 Å². The van der Waals surface area contributed by atoms with Gasteiger partial charge in [0.15, 0.2) is 0 Å². The van der Waals surface area contributed by atoms with Crippen LogP contribution in [0.5, 0.6) is 0 Å². The Morgan fingerprint density at radius 2 is 0.672 bits per heavy atom. The first kappa shape index (κ1) is 56.3. The number of unbranched alkanes of at least 4 members (excludes halogenated alkanes) is 5. The van der Waals surface area contributed by atoms with Crippen molar-refractivity contribution in [3.63, 3.8) is 0 Å². The second-order valence-corrected chi connectivity index (χ2v) is 14.0. The summed E-state index contributed by atoms with van der Waals surface area (Å²) in [5.74, 6) is -0.148. The highest BCUT2D eigenvalue weighted by Gasteiger charge is 2.19. The second-order valence-electron chi connectivity index (χ2n) is 14.0. The molecule has 17 heteroatoms. The van der Waals surface area contributed by atoms with E-state index in [4.69, 9.17) is 66.3 Å². The number of carbonyl (C=O) groups excluding carboxylic acids is 2. The molecule has 0 aromatic rings. The molecule has 0 aliphatic carbocycles. The number of hydrogen-bond acceptors (Lipinski definition) is 16. The van der Waals surface area contributed by atoms with Crippen LogP contribution in [0.2, 0.25) is 0 Å². The van der Waals surface area contributed by atoms with Crippen molar-refractivity contribution in [3.8, 4) is 0 Å². The molecule has 0 saturated heterocycles. The number of nitrogens with zero attached hydrogens (tertiary/aromatic N) is 1. The molecule has 0 fully saturated rings. The molecule has 0 bridgehead atoms. The van der Waals surface area contributed by atoms with Gasteiger partial charge in [-0.25, -0.2) is 4.79 Å². The molecule has 0 N–H and O–H groups in total. The summed E-state index contributed by atoms with van der Waals surface area (Å²) in [4.78, 5) is 25.1. The van der Waals surface area contributed by atoms with E-state index in [0.29, 0.717) is 172 Å². The summed E-state index contributed by atoms with van der Waals surface area (Å²) in [6.07, 6.45) is 7.02. The number of carbonyl (C=O) groups is 2. The average Bonchev–Trinajstić information content (AvgIpc) is 3.19. The van der Waals surface area contributed by atoms with Gasteiger partial charge in [-0.3, -0.25) is 4.79 Å². The average molecular weight is 844 g/mol. The van der Waals surface area contributed by atoms with Gasteiger partial charge in [0.05, 0.1) is 159 Å². The zero-order valence-electron chi connectivity index (χ0n) is 36.8. The molecule has 0 radical (unpaired) electrons. The van der Waals surface area contributed by atoms with Crippen molar-refractivity contribution in [2.45, 2.75) is 78.2 Å². The molecule has 1 amide bonds. The molecule has 17 nitrogen and oxygen atoms in total. The zero-order valence-corrected chi connectivity index (χ0v) is 36.8. The van der Waals surface area contributed by atoms with Crippen LogP contribution in [0, 0.1) is 0 Å². The van der Waals surface area contributed by atoms with E-state index in [1.807, 2.05) is 20.8 Å². The highest BCUT2D eigenvalue weighted by Crippen LogP contribution is 2.09. The van der Waals surface area contributed by atoms with E-state index < -0.39 is 5.60 Å². The lowest BCUT2D eigenvalue weighted by Gasteiger charge is -2.24. The van der Waals surface area contributed by atoms with E-state index in [0.717, 1.165) is 12.8 Å². The van der Waals surface area contributed by atoms with Gasteiger partial charge in [0.1, 0.15) is 12.2 Å². The molecule has 0 aromatic heterocycles. The summed E-state index contributed by atoms with van der Waals surface area (Å²) in [7, 11) is 1.68. The third-order valence-electron chi connectivity index (χ3n) is 7.59. The molecule has 0 atom stereocenters. The van der Waals surface area contributed by atoms with Crippen LogP contribution >= 0.6 is 0 Å². The van der Waals surface area contributed by atoms with Gasteiger partial charge in [-0.05, 0) is 27.2 Å². The minimum absolute atomic E-state index is 0.148.